The van der Waals surface area contributed by atoms with Crippen LogP contribution in [0.5, 0.6) is 0 Å². The first-order chi connectivity index (χ1) is 8.58. The van der Waals surface area contributed by atoms with E-state index in [2.05, 4.69) is 10.3 Å². The Balaban J connectivity index is 2.04. The van der Waals surface area contributed by atoms with E-state index >= 15 is 0 Å². The number of hydrogen-bond acceptors (Lipinski definition) is 3. The molecule has 2 rings (SSSR count). The second kappa shape index (κ2) is 5.35. The molecule has 0 bridgehead atoms. The highest BCUT2D eigenvalue weighted by Crippen LogP contribution is 2.33. The van der Waals surface area contributed by atoms with Crippen molar-refractivity contribution in [3.8, 4) is 0 Å². The van der Waals surface area contributed by atoms with Gasteiger partial charge in [-0.15, -0.1) is 0 Å². The number of amides is 1. The highest BCUT2D eigenvalue weighted by Gasteiger charge is 2.30. The largest absolute Gasteiger partial charge is 0.480 e. The van der Waals surface area contributed by atoms with Crippen LogP contribution in [0.3, 0.4) is 0 Å². The molecule has 0 spiro atoms. The van der Waals surface area contributed by atoms with E-state index in [0.717, 1.165) is 12.8 Å². The third-order valence-corrected chi connectivity index (χ3v) is 3.19. The van der Waals surface area contributed by atoms with Crippen molar-refractivity contribution in [2.45, 2.75) is 25.3 Å². The van der Waals surface area contributed by atoms with Crippen LogP contribution >= 0.6 is 11.6 Å². The highest BCUT2D eigenvalue weighted by molar-refractivity contribution is 6.33. The van der Waals surface area contributed by atoms with Gasteiger partial charge >= 0.3 is 5.97 Å². The summed E-state index contributed by atoms with van der Waals surface area (Å²) in [5.41, 5.74) is 0.244. The lowest BCUT2D eigenvalue weighted by Gasteiger charge is -2.14. The van der Waals surface area contributed by atoms with Gasteiger partial charge in [0.2, 0.25) is 0 Å². The maximum atomic E-state index is 11.9. The van der Waals surface area contributed by atoms with Crippen molar-refractivity contribution in [2.24, 2.45) is 5.92 Å². The SMILES string of the molecule is O=C(NC(CC1CC1)C(=O)O)c1ccncc1Cl. The maximum absolute atomic E-state index is 11.9. The third kappa shape index (κ3) is 3.20. The summed E-state index contributed by atoms with van der Waals surface area (Å²) in [4.78, 5) is 26.7. The Morgan fingerprint density at radius 2 is 2.28 bits per heavy atom. The number of hydrogen-bond donors (Lipinski definition) is 2. The molecule has 1 aliphatic rings. The van der Waals surface area contributed by atoms with Gasteiger partial charge in [0, 0.05) is 12.4 Å². The third-order valence-electron chi connectivity index (χ3n) is 2.89. The zero-order valence-electron chi connectivity index (χ0n) is 9.60. The van der Waals surface area contributed by atoms with Gasteiger partial charge in [-0.2, -0.15) is 0 Å². The number of carbonyl (C=O) groups is 2. The van der Waals surface area contributed by atoms with Crippen molar-refractivity contribution in [2.75, 3.05) is 0 Å². The smallest absolute Gasteiger partial charge is 0.326 e. The minimum Gasteiger partial charge on any atom is -0.480 e. The molecule has 0 saturated heterocycles. The molecule has 6 heteroatoms. The van der Waals surface area contributed by atoms with Gasteiger partial charge < -0.3 is 10.4 Å². The first kappa shape index (κ1) is 12.8. The summed E-state index contributed by atoms with van der Waals surface area (Å²) in [5.74, 6) is -1.07. The van der Waals surface area contributed by atoms with E-state index in [4.69, 9.17) is 16.7 Å². The zero-order chi connectivity index (χ0) is 13.1. The molecule has 0 aliphatic heterocycles. The number of nitrogens with zero attached hydrogens (tertiary/aromatic N) is 1. The molecule has 1 atom stereocenters. The minimum absolute atomic E-state index is 0.213. The van der Waals surface area contributed by atoms with E-state index in [9.17, 15) is 9.59 Å². The second-order valence-corrected chi connectivity index (χ2v) is 4.81. The molecule has 1 amide bonds. The van der Waals surface area contributed by atoms with Crippen LogP contribution in [0.15, 0.2) is 18.5 Å². The summed E-state index contributed by atoms with van der Waals surface area (Å²) < 4.78 is 0. The Hall–Kier alpha value is -1.62. The van der Waals surface area contributed by atoms with Gasteiger partial charge in [-0.25, -0.2) is 4.79 Å². The number of nitrogens with one attached hydrogen (secondary N) is 1. The number of halogens is 1. The lowest BCUT2D eigenvalue weighted by atomic mass is 10.1. The quantitative estimate of drug-likeness (QED) is 0.852. The molecular formula is C12H13ClN2O3. The Kier molecular flexibility index (Phi) is 3.81. The lowest BCUT2D eigenvalue weighted by molar-refractivity contribution is -0.139. The summed E-state index contributed by atoms with van der Waals surface area (Å²) in [6.45, 7) is 0. The molecule has 1 aromatic rings. The number of pyridine rings is 1. The average molecular weight is 269 g/mol. The van der Waals surface area contributed by atoms with Gasteiger partial charge in [0.15, 0.2) is 0 Å². The fraction of sp³-hybridized carbons (Fsp3) is 0.417. The van der Waals surface area contributed by atoms with Crippen LogP contribution in [0.2, 0.25) is 5.02 Å². The molecule has 2 N–H and O–H groups in total. The van der Waals surface area contributed by atoms with Crippen LogP contribution in [0, 0.1) is 5.92 Å². The number of carboxylic acids is 1. The fourth-order valence-electron chi connectivity index (χ4n) is 1.70. The molecule has 96 valence electrons. The topological polar surface area (TPSA) is 79.3 Å². The van der Waals surface area contributed by atoms with Crippen LogP contribution < -0.4 is 5.32 Å². The van der Waals surface area contributed by atoms with Crippen molar-refractivity contribution in [3.05, 3.63) is 29.0 Å². The van der Waals surface area contributed by atoms with E-state index in [-0.39, 0.29) is 10.6 Å². The number of carboxylic acid groups (broad SMARTS) is 1. The molecule has 1 aromatic heterocycles. The van der Waals surface area contributed by atoms with E-state index in [1.54, 1.807) is 0 Å². The molecule has 0 radical (unpaired) electrons. The van der Waals surface area contributed by atoms with Crippen molar-refractivity contribution >= 4 is 23.5 Å². The molecule has 5 nitrogen and oxygen atoms in total. The molecular weight excluding hydrogens is 256 g/mol. The minimum atomic E-state index is -1.01. The van der Waals surface area contributed by atoms with E-state index in [1.165, 1.54) is 18.5 Å². The first-order valence-corrected chi connectivity index (χ1v) is 6.09. The van der Waals surface area contributed by atoms with Crippen molar-refractivity contribution in [3.63, 3.8) is 0 Å². The number of carbonyl (C=O) groups excluding carboxylic acids is 1. The normalized spacial score (nSPS) is 16.1. The number of aromatic nitrogens is 1. The summed E-state index contributed by atoms with van der Waals surface area (Å²) in [5, 5.41) is 11.8. The molecule has 1 unspecified atom stereocenters. The van der Waals surface area contributed by atoms with E-state index < -0.39 is 17.9 Å². The monoisotopic (exact) mass is 268 g/mol. The summed E-state index contributed by atoms with van der Waals surface area (Å²) in [6, 6.07) is 0.613. The molecule has 1 fully saturated rings. The Morgan fingerprint density at radius 1 is 1.56 bits per heavy atom. The molecule has 1 aliphatic carbocycles. The van der Waals surface area contributed by atoms with Gasteiger partial charge in [-0.05, 0) is 18.4 Å². The summed E-state index contributed by atoms with van der Waals surface area (Å²) in [7, 11) is 0. The number of rotatable bonds is 5. The maximum Gasteiger partial charge on any atom is 0.326 e. The van der Waals surface area contributed by atoms with Gasteiger partial charge in [-0.3, -0.25) is 9.78 Å². The van der Waals surface area contributed by atoms with Crippen molar-refractivity contribution in [1.82, 2.24) is 10.3 Å². The molecule has 1 saturated carbocycles. The van der Waals surface area contributed by atoms with Gasteiger partial charge in [0.05, 0.1) is 10.6 Å². The fourth-order valence-corrected chi connectivity index (χ4v) is 1.91. The Morgan fingerprint density at radius 3 is 2.83 bits per heavy atom. The van der Waals surface area contributed by atoms with E-state index in [1.807, 2.05) is 0 Å². The second-order valence-electron chi connectivity index (χ2n) is 4.40. The van der Waals surface area contributed by atoms with Crippen LogP contribution in [0.25, 0.3) is 0 Å². The predicted octanol–water partition coefficient (Wildman–Crippen LogP) is 1.72. The lowest BCUT2D eigenvalue weighted by Crippen LogP contribution is -2.41. The Bertz CT molecular complexity index is 474. The average Bonchev–Trinajstić information content (AvgIpc) is 3.12. The van der Waals surface area contributed by atoms with Crippen LogP contribution in [-0.4, -0.2) is 28.0 Å². The van der Waals surface area contributed by atoms with Gasteiger partial charge in [0.1, 0.15) is 6.04 Å². The number of aliphatic carboxylic acids is 1. The standard InChI is InChI=1S/C12H13ClN2O3/c13-9-6-14-4-3-8(9)11(16)15-10(12(17)18)5-7-1-2-7/h3-4,6-7,10H,1-2,5H2,(H,15,16)(H,17,18). The zero-order valence-corrected chi connectivity index (χ0v) is 10.4. The molecule has 18 heavy (non-hydrogen) atoms. The van der Waals surface area contributed by atoms with Crippen LogP contribution in [0.4, 0.5) is 0 Å². The predicted molar refractivity (Wildman–Crippen MR) is 65.5 cm³/mol. The van der Waals surface area contributed by atoms with Gasteiger partial charge in [0.25, 0.3) is 5.91 Å². The van der Waals surface area contributed by atoms with Crippen LogP contribution in [-0.2, 0) is 4.79 Å². The van der Waals surface area contributed by atoms with Crippen LogP contribution in [0.1, 0.15) is 29.6 Å². The van der Waals surface area contributed by atoms with E-state index in [0.29, 0.717) is 12.3 Å². The Labute approximate surface area is 109 Å². The van der Waals surface area contributed by atoms with Crippen molar-refractivity contribution in [1.29, 1.82) is 0 Å². The first-order valence-electron chi connectivity index (χ1n) is 5.71. The molecule has 1 heterocycles. The molecule has 0 aromatic carbocycles. The summed E-state index contributed by atoms with van der Waals surface area (Å²) in [6.07, 6.45) is 5.35. The summed E-state index contributed by atoms with van der Waals surface area (Å²) >= 11 is 5.83. The van der Waals surface area contributed by atoms with Crippen molar-refractivity contribution < 1.29 is 14.7 Å². The highest BCUT2D eigenvalue weighted by atomic mass is 35.5. The van der Waals surface area contributed by atoms with Gasteiger partial charge in [-0.1, -0.05) is 24.4 Å².